The van der Waals surface area contributed by atoms with Gasteiger partial charge in [0.25, 0.3) is 0 Å². The van der Waals surface area contributed by atoms with Crippen molar-refractivity contribution in [3.8, 4) is 0 Å². The maximum atomic E-state index is 13.0. The molecule has 1 saturated carbocycles. The Kier molecular flexibility index (Phi) is 4.57. The van der Waals surface area contributed by atoms with E-state index >= 15 is 0 Å². The third kappa shape index (κ3) is 2.98. The molecule has 1 aliphatic carbocycles. The topological polar surface area (TPSA) is 108 Å². The molecule has 0 aromatic carbocycles. The van der Waals surface area contributed by atoms with E-state index in [1.165, 1.54) is 16.7 Å². The van der Waals surface area contributed by atoms with E-state index in [2.05, 4.69) is 9.97 Å². The van der Waals surface area contributed by atoms with Crippen LogP contribution in [0, 0.1) is 16.0 Å². The number of halogens is 1. The molecule has 0 spiro atoms. The molecule has 9 nitrogen and oxygen atoms in total. The van der Waals surface area contributed by atoms with Gasteiger partial charge >= 0.3 is 5.69 Å². The van der Waals surface area contributed by atoms with E-state index in [1.807, 2.05) is 6.92 Å². The molecule has 2 saturated heterocycles. The molecule has 1 aromatic rings. The first-order chi connectivity index (χ1) is 12.7. The predicted molar refractivity (Wildman–Crippen MR) is 97.9 cm³/mol. The van der Waals surface area contributed by atoms with Gasteiger partial charge in [-0.05, 0) is 26.7 Å². The van der Waals surface area contributed by atoms with Crippen molar-refractivity contribution in [1.82, 2.24) is 9.97 Å². The van der Waals surface area contributed by atoms with Crippen molar-refractivity contribution in [2.24, 2.45) is 5.92 Å². The van der Waals surface area contributed by atoms with Crippen LogP contribution in [0.4, 0.5) is 11.5 Å². The smallest absolute Gasteiger partial charge is 0.344 e. The number of piperidine rings is 1. The minimum atomic E-state index is -0.792. The van der Waals surface area contributed by atoms with Crippen molar-refractivity contribution in [3.05, 3.63) is 15.3 Å². The normalized spacial score (nSPS) is 30.8. The van der Waals surface area contributed by atoms with E-state index in [0.717, 1.165) is 12.2 Å². The number of carbonyl (C=O) groups excluding carboxylic acids is 1. The summed E-state index contributed by atoms with van der Waals surface area (Å²) in [7, 11) is 0. The molecule has 1 amide bonds. The number of aromatic nitrogens is 2. The number of amides is 1. The minimum absolute atomic E-state index is 0.0529. The van der Waals surface area contributed by atoms with Crippen molar-refractivity contribution in [3.63, 3.8) is 0 Å². The number of nitrogens with zero attached hydrogens (tertiary/aromatic N) is 4. The first-order valence-corrected chi connectivity index (χ1v) is 10.1. The van der Waals surface area contributed by atoms with Crippen LogP contribution in [0.15, 0.2) is 5.16 Å². The van der Waals surface area contributed by atoms with Gasteiger partial charge in [0, 0.05) is 5.75 Å². The first kappa shape index (κ1) is 18.9. The van der Waals surface area contributed by atoms with E-state index < -0.39 is 22.3 Å². The van der Waals surface area contributed by atoms with Gasteiger partial charge in [-0.2, -0.15) is 4.98 Å². The number of hydrogen-bond acceptors (Lipinski definition) is 8. The van der Waals surface area contributed by atoms with Gasteiger partial charge in [0.05, 0.1) is 16.9 Å². The summed E-state index contributed by atoms with van der Waals surface area (Å²) in [5, 5.41) is 11.7. The van der Waals surface area contributed by atoms with Crippen LogP contribution in [0.3, 0.4) is 0 Å². The molecule has 0 N–H and O–H groups in total. The molecule has 1 aromatic heterocycles. The highest BCUT2D eigenvalue weighted by molar-refractivity contribution is 7.99. The fraction of sp³-hybridized carbons (Fsp3) is 0.688. The SMILES string of the molecule is CCCSc1nc(Cl)c([N+](=O)[O-])c(N2C(=O)C3CC2C2OC(C)(C)OC32)n1. The predicted octanol–water partition coefficient (Wildman–Crippen LogP) is 2.80. The van der Waals surface area contributed by atoms with E-state index in [4.69, 9.17) is 21.1 Å². The number of thioether (sulfide) groups is 1. The van der Waals surface area contributed by atoms with E-state index in [1.54, 1.807) is 13.8 Å². The van der Waals surface area contributed by atoms with Gasteiger partial charge < -0.3 is 9.47 Å². The molecule has 4 atom stereocenters. The van der Waals surface area contributed by atoms with Gasteiger partial charge in [0.1, 0.15) is 12.2 Å². The van der Waals surface area contributed by atoms with E-state index in [9.17, 15) is 14.9 Å². The Morgan fingerprint density at radius 3 is 2.74 bits per heavy atom. The van der Waals surface area contributed by atoms with Crippen molar-refractivity contribution >= 4 is 40.8 Å². The largest absolute Gasteiger partial charge is 0.349 e. The van der Waals surface area contributed by atoms with Crippen LogP contribution in [0.2, 0.25) is 5.15 Å². The molecule has 2 aliphatic heterocycles. The van der Waals surface area contributed by atoms with Gasteiger partial charge in [-0.25, -0.2) is 4.98 Å². The average molecular weight is 415 g/mol. The lowest BCUT2D eigenvalue weighted by Gasteiger charge is -2.31. The Labute approximate surface area is 164 Å². The molecule has 146 valence electrons. The van der Waals surface area contributed by atoms with E-state index in [0.29, 0.717) is 11.6 Å². The highest BCUT2D eigenvalue weighted by Crippen LogP contribution is 2.51. The lowest BCUT2D eigenvalue weighted by molar-refractivity contribution is -0.384. The molecular weight excluding hydrogens is 396 g/mol. The summed E-state index contributed by atoms with van der Waals surface area (Å²) in [6.07, 6.45) is 0.720. The van der Waals surface area contributed by atoms with E-state index in [-0.39, 0.29) is 35.1 Å². The Hall–Kier alpha value is -1.49. The Morgan fingerprint density at radius 1 is 1.37 bits per heavy atom. The molecule has 0 radical (unpaired) electrons. The fourth-order valence-electron chi connectivity index (χ4n) is 4.03. The second-order valence-corrected chi connectivity index (χ2v) is 8.68. The first-order valence-electron chi connectivity index (χ1n) is 8.77. The third-order valence-electron chi connectivity index (χ3n) is 4.97. The number of rotatable bonds is 5. The number of hydrogen-bond donors (Lipinski definition) is 0. The molecule has 3 heterocycles. The van der Waals surface area contributed by atoms with Crippen LogP contribution in [-0.2, 0) is 14.3 Å². The Morgan fingerprint density at radius 2 is 2.07 bits per heavy atom. The van der Waals surface area contributed by atoms with Crippen molar-refractivity contribution in [2.75, 3.05) is 10.7 Å². The third-order valence-corrected chi connectivity index (χ3v) is 6.29. The summed E-state index contributed by atoms with van der Waals surface area (Å²) >= 11 is 7.44. The zero-order valence-corrected chi connectivity index (χ0v) is 16.6. The van der Waals surface area contributed by atoms with Gasteiger partial charge in [-0.3, -0.25) is 19.8 Å². The van der Waals surface area contributed by atoms with Crippen LogP contribution in [0.25, 0.3) is 0 Å². The summed E-state index contributed by atoms with van der Waals surface area (Å²) in [4.78, 5) is 33.7. The second-order valence-electron chi connectivity index (χ2n) is 7.26. The van der Waals surface area contributed by atoms with Gasteiger partial charge in [-0.1, -0.05) is 30.3 Å². The summed E-state index contributed by atoms with van der Waals surface area (Å²) in [6.45, 7) is 5.59. The second kappa shape index (κ2) is 6.54. The zero-order chi connectivity index (χ0) is 19.5. The van der Waals surface area contributed by atoms with Crippen LogP contribution in [0.1, 0.15) is 33.6 Å². The molecule has 27 heavy (non-hydrogen) atoms. The maximum absolute atomic E-state index is 13.0. The van der Waals surface area contributed by atoms with Gasteiger partial charge in [0.2, 0.25) is 16.9 Å². The van der Waals surface area contributed by atoms with Crippen LogP contribution < -0.4 is 4.90 Å². The van der Waals surface area contributed by atoms with Crippen molar-refractivity contribution in [2.45, 2.75) is 62.8 Å². The standard InChI is InChI=1S/C16H19ClN4O5S/c1-4-5-27-15-18-12(17)9(21(23)24)13(19-15)20-8-6-7(14(20)22)10-11(8)26-16(2,3)25-10/h7-8,10-11H,4-6H2,1-3H3. The molecule has 4 rings (SSSR count). The Bertz CT molecular complexity index is 822. The molecule has 2 bridgehead atoms. The quantitative estimate of drug-likeness (QED) is 0.238. The number of ether oxygens (including phenoxy) is 2. The Balaban J connectivity index is 1.75. The van der Waals surface area contributed by atoms with Crippen LogP contribution in [-0.4, -0.2) is 50.6 Å². The molecular formula is C16H19ClN4O5S. The molecule has 3 fully saturated rings. The average Bonchev–Trinajstić information content (AvgIpc) is 3.18. The van der Waals surface area contributed by atoms with Crippen molar-refractivity contribution in [1.29, 1.82) is 0 Å². The number of fused-ring (bicyclic) bond motifs is 5. The lowest BCUT2D eigenvalue weighted by Crippen LogP contribution is -2.51. The highest BCUT2D eigenvalue weighted by atomic mass is 35.5. The summed E-state index contributed by atoms with van der Waals surface area (Å²) < 4.78 is 11.8. The van der Waals surface area contributed by atoms with Crippen LogP contribution in [0.5, 0.6) is 0 Å². The summed E-state index contributed by atoms with van der Waals surface area (Å²) in [5.41, 5.74) is -0.451. The number of anilines is 1. The number of carbonyl (C=O) groups is 1. The molecule has 4 unspecified atom stereocenters. The number of nitro groups is 1. The fourth-order valence-corrected chi connectivity index (χ4v) is 5.01. The molecule has 3 aliphatic rings. The summed E-state index contributed by atoms with van der Waals surface area (Å²) in [6, 6.07) is -0.372. The monoisotopic (exact) mass is 414 g/mol. The van der Waals surface area contributed by atoms with Crippen LogP contribution >= 0.6 is 23.4 Å². The van der Waals surface area contributed by atoms with Gasteiger partial charge in [-0.15, -0.1) is 0 Å². The molecule has 11 heteroatoms. The van der Waals surface area contributed by atoms with Gasteiger partial charge in [0.15, 0.2) is 10.9 Å². The van der Waals surface area contributed by atoms with Crippen molar-refractivity contribution < 1.29 is 19.2 Å². The highest BCUT2D eigenvalue weighted by Gasteiger charge is 2.65. The zero-order valence-electron chi connectivity index (χ0n) is 15.0. The lowest BCUT2D eigenvalue weighted by atomic mass is 10.0. The maximum Gasteiger partial charge on any atom is 0.349 e. The minimum Gasteiger partial charge on any atom is -0.344 e. The summed E-state index contributed by atoms with van der Waals surface area (Å²) in [5.74, 6) is -0.750.